The zero-order valence-corrected chi connectivity index (χ0v) is 29.6. The molecule has 2 aliphatic rings. The molecule has 6 rings (SSSR count). The monoisotopic (exact) mass is 702 g/mol. The van der Waals surface area contributed by atoms with E-state index in [1.807, 2.05) is 0 Å². The van der Waals surface area contributed by atoms with Crippen LogP contribution >= 0.6 is 0 Å². The molecule has 0 bridgehead atoms. The second-order valence-corrected chi connectivity index (χ2v) is 17.6. The largest absolute Gasteiger partial charge is 0.385 e. The third-order valence-electron chi connectivity index (χ3n) is 6.83. The van der Waals surface area contributed by atoms with E-state index in [4.69, 9.17) is 0 Å². The molecule has 41 heavy (non-hydrogen) atoms. The molecule has 0 N–H and O–H groups in total. The Labute approximate surface area is 268 Å². The molecule has 2 unspecified atom stereocenters. The van der Waals surface area contributed by atoms with Crippen molar-refractivity contribution in [1.82, 2.24) is 9.13 Å². The van der Waals surface area contributed by atoms with Crippen molar-refractivity contribution in [2.24, 2.45) is 0 Å². The molecule has 0 radical (unpaired) electrons. The van der Waals surface area contributed by atoms with Gasteiger partial charge in [0.1, 0.15) is 0 Å². The number of hydrogen-bond acceptors (Lipinski definition) is 2. The molecule has 0 aromatic heterocycles. The average molecular weight is 705 g/mol. The van der Waals surface area contributed by atoms with Crippen LogP contribution in [0.4, 0.5) is 0 Å². The van der Waals surface area contributed by atoms with Gasteiger partial charge in [0.05, 0.1) is 0 Å². The number of rotatable bonds is 6. The van der Waals surface area contributed by atoms with Crippen LogP contribution in [0.1, 0.15) is 36.5 Å². The minimum atomic E-state index is -1.23. The molecular weight excluding hydrogens is 669 g/mol. The first-order valence-corrected chi connectivity index (χ1v) is 19.3. The van der Waals surface area contributed by atoms with Crippen molar-refractivity contribution in [3.8, 4) is 0 Å². The minimum Gasteiger partial charge on any atom is -0.385 e. The summed E-state index contributed by atoms with van der Waals surface area (Å²) in [6.45, 7) is 0. The summed E-state index contributed by atoms with van der Waals surface area (Å²) in [6.07, 6.45) is 4.91. The number of nitrogens with zero attached hydrogens (tertiary/aromatic N) is 2. The average Bonchev–Trinajstić information content (AvgIpc) is 3.57. The van der Waals surface area contributed by atoms with E-state index in [9.17, 15) is 8.92 Å². The van der Waals surface area contributed by atoms with E-state index in [0.717, 1.165) is 0 Å². The van der Waals surface area contributed by atoms with Gasteiger partial charge in [-0.05, 0) is 28.2 Å². The maximum Gasteiger partial charge on any atom is 0.378 e. The summed E-state index contributed by atoms with van der Waals surface area (Å²) in [4.78, 5) is 0. The Morgan fingerprint density at radius 3 is 1.17 bits per heavy atom. The van der Waals surface area contributed by atoms with E-state index in [1.165, 1.54) is 33.4 Å². The van der Waals surface area contributed by atoms with Crippen LogP contribution in [0.15, 0.2) is 109 Å². The molecule has 206 valence electrons. The van der Waals surface area contributed by atoms with Gasteiger partial charge in [-0.25, -0.2) is 0 Å². The molecule has 0 fully saturated rings. The predicted molar refractivity (Wildman–Crippen MR) is 170 cm³/mol. The molecular formula is C34H36N2NdO2Si2. The minimum absolute atomic E-state index is 0.585. The summed E-state index contributed by atoms with van der Waals surface area (Å²) in [5, 5.41) is 0. The van der Waals surface area contributed by atoms with Gasteiger partial charge in [0, 0.05) is 0 Å². The second-order valence-electron chi connectivity index (χ2n) is 10.4. The van der Waals surface area contributed by atoms with Gasteiger partial charge < -0.3 is 18.1 Å². The SMILES string of the molecule is C1=C(c2ccccc2)[CH]([Nd][CH]2C(c3ccccc3)=Cc3ccccc32)c2ccccc21.CN(C)[SiH]=O.CN(C)[SiH]=O. The van der Waals surface area contributed by atoms with E-state index >= 15 is 0 Å². The van der Waals surface area contributed by atoms with Crippen LogP contribution in [0.2, 0.25) is 0 Å². The fourth-order valence-corrected chi connectivity index (χ4v) is 11.6. The van der Waals surface area contributed by atoms with Gasteiger partial charge in [0.2, 0.25) is 0 Å². The summed E-state index contributed by atoms with van der Waals surface area (Å²) in [7, 11) is 5.75. The fraction of sp³-hybridized carbons (Fsp3) is 0.176. The summed E-state index contributed by atoms with van der Waals surface area (Å²) in [5.41, 5.74) is 11.7. The van der Waals surface area contributed by atoms with E-state index in [1.54, 1.807) is 48.4 Å². The van der Waals surface area contributed by atoms with Crippen molar-refractivity contribution in [3.05, 3.63) is 143 Å². The molecule has 0 heterocycles. The predicted octanol–water partition coefficient (Wildman–Crippen LogP) is 6.15. The first-order valence-electron chi connectivity index (χ1n) is 13.6. The van der Waals surface area contributed by atoms with Gasteiger partial charge in [0.25, 0.3) is 0 Å². The van der Waals surface area contributed by atoms with Gasteiger partial charge in [-0.3, -0.25) is 0 Å². The van der Waals surface area contributed by atoms with Crippen molar-refractivity contribution < 1.29 is 45.6 Å². The van der Waals surface area contributed by atoms with Gasteiger partial charge >= 0.3 is 225 Å². The third-order valence-corrected chi connectivity index (χ3v) is 13.8. The summed E-state index contributed by atoms with van der Waals surface area (Å²) in [6, 6.07) is 40.1. The summed E-state index contributed by atoms with van der Waals surface area (Å²) >= 11 is -1.23. The Bertz CT molecular complexity index is 1410. The number of hydrogen-bond donors (Lipinski definition) is 0. The Hall–Kier alpha value is -2.66. The first kappa shape index (κ1) is 31.3. The van der Waals surface area contributed by atoms with Crippen LogP contribution < -0.4 is 0 Å². The molecule has 0 saturated carbocycles. The number of fused-ring (bicyclic) bond motifs is 2. The molecule has 0 spiro atoms. The third kappa shape index (κ3) is 8.22. The molecule has 4 aromatic rings. The van der Waals surface area contributed by atoms with Gasteiger partial charge in [0.15, 0.2) is 0 Å². The van der Waals surface area contributed by atoms with Crippen molar-refractivity contribution in [1.29, 1.82) is 0 Å². The smallest absolute Gasteiger partial charge is 0.378 e. The van der Waals surface area contributed by atoms with Crippen LogP contribution in [-0.2, 0) is 8.92 Å². The molecule has 0 amide bonds. The molecule has 2 aliphatic carbocycles. The van der Waals surface area contributed by atoms with Crippen LogP contribution in [0.25, 0.3) is 23.3 Å². The van der Waals surface area contributed by atoms with Crippen molar-refractivity contribution in [2.45, 2.75) is 3.14 Å². The topological polar surface area (TPSA) is 40.6 Å². The zero-order valence-electron chi connectivity index (χ0n) is 24.1. The molecule has 0 aliphatic heterocycles. The van der Waals surface area contributed by atoms with Crippen LogP contribution in [0, 0.1) is 36.7 Å². The summed E-state index contributed by atoms with van der Waals surface area (Å²) < 4.78 is 23.8. The van der Waals surface area contributed by atoms with E-state index in [-0.39, 0.29) is 0 Å². The van der Waals surface area contributed by atoms with Crippen LogP contribution in [-0.4, -0.2) is 56.5 Å². The Kier molecular flexibility index (Phi) is 11.9. The van der Waals surface area contributed by atoms with Gasteiger partial charge in [-0.15, -0.1) is 0 Å². The number of benzene rings is 4. The molecule has 4 nitrogen and oxygen atoms in total. The van der Waals surface area contributed by atoms with E-state index in [0.29, 0.717) is 3.14 Å². The zero-order chi connectivity index (χ0) is 29.2. The summed E-state index contributed by atoms with van der Waals surface area (Å²) in [5.74, 6) is 0. The number of allylic oxidation sites excluding steroid dienone is 2. The Morgan fingerprint density at radius 2 is 0.829 bits per heavy atom. The second kappa shape index (κ2) is 15.5. The Morgan fingerprint density at radius 1 is 0.512 bits per heavy atom. The standard InChI is InChI=1S/2C15H11.2C2H7NOSi.Nd/c2*1-2-6-12(7-3-1)15-10-13-8-4-5-9-14(13)11-15;2*1-3(2)5-4;/h2*1-11H;2*5H,1-2H3;. The van der Waals surface area contributed by atoms with E-state index < -0.39 is 55.8 Å². The van der Waals surface area contributed by atoms with Crippen molar-refractivity contribution in [3.63, 3.8) is 0 Å². The van der Waals surface area contributed by atoms with Crippen molar-refractivity contribution in [2.75, 3.05) is 28.2 Å². The molecule has 0 saturated heterocycles. The first-order chi connectivity index (χ1) is 19.9. The Balaban J connectivity index is 0.000000336. The van der Waals surface area contributed by atoms with Gasteiger partial charge in [-0.2, -0.15) is 0 Å². The maximum absolute atomic E-state index is 9.64. The molecule has 7 heteroatoms. The molecule has 2 atom stereocenters. The quantitative estimate of drug-likeness (QED) is 0.226. The van der Waals surface area contributed by atoms with Gasteiger partial charge in [-0.1, -0.05) is 0 Å². The fourth-order valence-electron chi connectivity index (χ4n) is 4.93. The normalized spacial score (nSPS) is 15.8. The van der Waals surface area contributed by atoms with Crippen LogP contribution in [0.5, 0.6) is 0 Å². The molecule has 4 aromatic carbocycles. The van der Waals surface area contributed by atoms with E-state index in [2.05, 4.69) is 121 Å². The maximum atomic E-state index is 9.64. The van der Waals surface area contributed by atoms with Crippen molar-refractivity contribution >= 4 is 42.4 Å². The van der Waals surface area contributed by atoms with Crippen LogP contribution in [0.3, 0.4) is 0 Å².